The Balaban J connectivity index is 1.66. The van der Waals surface area contributed by atoms with Crippen LogP contribution in [-0.4, -0.2) is 42.6 Å². The first-order chi connectivity index (χ1) is 16.8. The number of rotatable bonds is 7. The molecule has 1 amide bonds. The summed E-state index contributed by atoms with van der Waals surface area (Å²) in [5.74, 6) is -0.854. The van der Waals surface area contributed by atoms with E-state index in [1.165, 1.54) is 13.2 Å². The average Bonchev–Trinajstić information content (AvgIpc) is 3.17. The van der Waals surface area contributed by atoms with Gasteiger partial charge >= 0.3 is 6.18 Å². The number of pyridine rings is 1. The van der Waals surface area contributed by atoms with Crippen LogP contribution >= 0.6 is 0 Å². The highest BCUT2D eigenvalue weighted by Gasteiger charge is 2.35. The van der Waals surface area contributed by atoms with Crippen LogP contribution in [0.3, 0.4) is 0 Å². The maximum absolute atomic E-state index is 13.7. The lowest BCUT2D eigenvalue weighted by Gasteiger charge is -2.21. The summed E-state index contributed by atoms with van der Waals surface area (Å²) in [6.45, 7) is 1.47. The van der Waals surface area contributed by atoms with Crippen molar-refractivity contribution in [3.05, 3.63) is 59.0 Å². The topological polar surface area (TPSA) is 129 Å². The number of carbonyl (C=O) groups excluding carboxylic acids is 1. The second-order valence-corrected chi connectivity index (χ2v) is 10.2. The lowest BCUT2D eigenvalue weighted by Crippen LogP contribution is -2.27. The van der Waals surface area contributed by atoms with E-state index in [0.717, 1.165) is 16.1 Å². The molecule has 0 spiro atoms. The van der Waals surface area contributed by atoms with Crippen LogP contribution in [0.15, 0.2) is 36.7 Å². The highest BCUT2D eigenvalue weighted by Crippen LogP contribution is 2.36. The Morgan fingerprint density at radius 1 is 1.19 bits per heavy atom. The van der Waals surface area contributed by atoms with E-state index in [0.29, 0.717) is 23.1 Å². The quantitative estimate of drug-likeness (QED) is 0.431. The molecular weight excluding hydrogens is 499 g/mol. The molecule has 1 aliphatic rings. The van der Waals surface area contributed by atoms with Gasteiger partial charge in [0.1, 0.15) is 11.4 Å². The molecule has 2 aromatic heterocycles. The zero-order chi connectivity index (χ0) is 26.3. The molecule has 3 heterocycles. The molecule has 0 atom stereocenters. The van der Waals surface area contributed by atoms with E-state index in [4.69, 9.17) is 0 Å². The van der Waals surface area contributed by atoms with E-state index < -0.39 is 27.6 Å². The molecule has 190 valence electrons. The zero-order valence-electron chi connectivity index (χ0n) is 19.4. The molecule has 1 aromatic carbocycles. The van der Waals surface area contributed by atoms with Crippen LogP contribution in [0.25, 0.3) is 0 Å². The molecular formula is C22H22F3N7O3S. The number of hydrogen-bond acceptors (Lipinski definition) is 8. The number of fused-ring (bicyclic) bond motifs is 1. The maximum atomic E-state index is 13.7. The molecule has 0 saturated heterocycles. The summed E-state index contributed by atoms with van der Waals surface area (Å²) in [5, 5.41) is 8.18. The molecule has 0 bridgehead atoms. The third-order valence-electron chi connectivity index (χ3n) is 5.45. The van der Waals surface area contributed by atoms with Gasteiger partial charge in [0.2, 0.25) is 21.9 Å². The van der Waals surface area contributed by atoms with Crippen molar-refractivity contribution in [3.63, 3.8) is 0 Å². The maximum Gasteiger partial charge on any atom is 0.421 e. The largest absolute Gasteiger partial charge is 0.421 e. The van der Waals surface area contributed by atoms with Crippen LogP contribution in [0.1, 0.15) is 22.4 Å². The molecule has 3 N–H and O–H groups in total. The number of sulfonamides is 1. The van der Waals surface area contributed by atoms with E-state index >= 15 is 0 Å². The zero-order valence-corrected chi connectivity index (χ0v) is 20.3. The summed E-state index contributed by atoms with van der Waals surface area (Å²) < 4.78 is 66.1. The van der Waals surface area contributed by atoms with Crippen LogP contribution in [0.2, 0.25) is 0 Å². The summed E-state index contributed by atoms with van der Waals surface area (Å²) in [7, 11) is -2.31. The van der Waals surface area contributed by atoms with Gasteiger partial charge in [0, 0.05) is 19.4 Å². The van der Waals surface area contributed by atoms with Gasteiger partial charge in [-0.1, -0.05) is 12.1 Å². The fraction of sp³-hybridized carbons (Fsp3) is 0.273. The van der Waals surface area contributed by atoms with Crippen LogP contribution in [0, 0.1) is 6.92 Å². The van der Waals surface area contributed by atoms with Crippen molar-refractivity contribution in [1.82, 2.24) is 15.0 Å². The third kappa shape index (κ3) is 5.32. The van der Waals surface area contributed by atoms with E-state index in [-0.39, 0.29) is 36.2 Å². The van der Waals surface area contributed by atoms with Gasteiger partial charge in [-0.05, 0) is 30.2 Å². The summed E-state index contributed by atoms with van der Waals surface area (Å²) in [4.78, 5) is 23.7. The van der Waals surface area contributed by atoms with E-state index in [1.54, 1.807) is 31.2 Å². The highest BCUT2D eigenvalue weighted by atomic mass is 32.2. The van der Waals surface area contributed by atoms with Crippen molar-refractivity contribution in [3.8, 4) is 0 Å². The Labute approximate surface area is 205 Å². The van der Waals surface area contributed by atoms with Gasteiger partial charge in [0.05, 0.1) is 42.0 Å². The number of aromatic nitrogens is 3. The number of halogens is 3. The number of para-hydroxylation sites is 1. The molecule has 10 nitrogen and oxygen atoms in total. The fourth-order valence-corrected chi connectivity index (χ4v) is 4.11. The van der Waals surface area contributed by atoms with Crippen molar-refractivity contribution in [2.75, 3.05) is 33.6 Å². The predicted octanol–water partition coefficient (Wildman–Crippen LogP) is 3.44. The minimum atomic E-state index is -4.75. The number of nitrogens with zero attached hydrogens (tertiary/aromatic N) is 4. The van der Waals surface area contributed by atoms with Crippen molar-refractivity contribution >= 4 is 44.8 Å². The van der Waals surface area contributed by atoms with Crippen molar-refractivity contribution in [2.24, 2.45) is 0 Å². The number of nitrogens with one attached hydrogen (secondary N) is 3. The molecule has 1 aliphatic heterocycles. The molecule has 0 radical (unpaired) electrons. The molecule has 0 fully saturated rings. The molecule has 0 unspecified atom stereocenters. The van der Waals surface area contributed by atoms with E-state index in [2.05, 4.69) is 30.9 Å². The fourth-order valence-electron chi connectivity index (χ4n) is 3.60. The molecule has 36 heavy (non-hydrogen) atoms. The Morgan fingerprint density at radius 3 is 2.64 bits per heavy atom. The van der Waals surface area contributed by atoms with Crippen LogP contribution < -0.4 is 20.3 Å². The van der Waals surface area contributed by atoms with Gasteiger partial charge in [-0.25, -0.2) is 13.4 Å². The summed E-state index contributed by atoms with van der Waals surface area (Å²) in [6.07, 6.45) is -1.42. The summed E-state index contributed by atoms with van der Waals surface area (Å²) in [6, 6.07) is 6.68. The number of amides is 1. The third-order valence-corrected chi connectivity index (χ3v) is 6.64. The Bertz CT molecular complexity index is 1450. The van der Waals surface area contributed by atoms with E-state index in [1.807, 2.05) is 0 Å². The minimum Gasteiger partial charge on any atom is -0.364 e. The van der Waals surface area contributed by atoms with Gasteiger partial charge < -0.3 is 16.0 Å². The van der Waals surface area contributed by atoms with Crippen molar-refractivity contribution in [2.45, 2.75) is 26.1 Å². The number of aryl methyl sites for hydroxylation is 1. The average molecular weight is 522 g/mol. The van der Waals surface area contributed by atoms with Crippen LogP contribution in [0.4, 0.5) is 42.0 Å². The standard InChI is InChI=1S/C22H22F3N7O3S/c1-12-7-17(32(2)36(3,34)35)16(26-9-12)11-27-20-14(22(23,24)25)10-28-21(31-20)29-15-6-4-5-13-8-18(33)30-19(13)15/h4-7,9-10H,8,11H2,1-3H3,(H,30,33)(H2,27,28,29,31). The van der Waals surface area contributed by atoms with Gasteiger partial charge in [0.15, 0.2) is 0 Å². The minimum absolute atomic E-state index is 0.134. The monoisotopic (exact) mass is 521 g/mol. The van der Waals surface area contributed by atoms with E-state index in [9.17, 15) is 26.4 Å². The van der Waals surface area contributed by atoms with Gasteiger partial charge in [-0.15, -0.1) is 0 Å². The molecule has 3 aromatic rings. The number of anilines is 5. The Morgan fingerprint density at radius 2 is 1.94 bits per heavy atom. The predicted molar refractivity (Wildman–Crippen MR) is 129 cm³/mol. The number of benzene rings is 1. The van der Waals surface area contributed by atoms with Crippen LogP contribution in [0.5, 0.6) is 0 Å². The second-order valence-electron chi connectivity index (χ2n) is 8.21. The lowest BCUT2D eigenvalue weighted by atomic mass is 10.1. The van der Waals surface area contributed by atoms with Gasteiger partial charge in [0.25, 0.3) is 0 Å². The summed E-state index contributed by atoms with van der Waals surface area (Å²) >= 11 is 0. The first kappa shape index (κ1) is 25.2. The first-order valence-electron chi connectivity index (χ1n) is 10.6. The smallest absolute Gasteiger partial charge is 0.364 e. The summed E-state index contributed by atoms with van der Waals surface area (Å²) in [5.41, 5.74) is 1.68. The van der Waals surface area contributed by atoms with Gasteiger partial charge in [-0.3, -0.25) is 14.1 Å². The SMILES string of the molecule is Cc1cnc(CNc2nc(Nc3cccc4c3NC(=O)C4)ncc2C(F)(F)F)c(N(C)S(C)(=O)=O)c1. The normalized spacial score (nSPS) is 13.2. The van der Waals surface area contributed by atoms with Gasteiger partial charge in [-0.2, -0.15) is 18.2 Å². The van der Waals surface area contributed by atoms with Crippen molar-refractivity contribution in [1.29, 1.82) is 0 Å². The highest BCUT2D eigenvalue weighted by molar-refractivity contribution is 7.92. The van der Waals surface area contributed by atoms with Crippen molar-refractivity contribution < 1.29 is 26.4 Å². The molecule has 14 heteroatoms. The number of alkyl halides is 3. The Kier molecular flexibility index (Phi) is 6.47. The first-order valence-corrected chi connectivity index (χ1v) is 12.4. The Hall–Kier alpha value is -3.94. The molecule has 0 aliphatic carbocycles. The molecule has 4 rings (SSSR count). The van der Waals surface area contributed by atoms with Crippen LogP contribution in [-0.2, 0) is 34.0 Å². The number of hydrogen-bond donors (Lipinski definition) is 3. The second kappa shape index (κ2) is 9.26. The number of carbonyl (C=O) groups is 1. The molecule has 0 saturated carbocycles. The lowest BCUT2D eigenvalue weighted by molar-refractivity contribution is -0.137.